The van der Waals surface area contributed by atoms with E-state index in [2.05, 4.69) is 9.97 Å². The largest absolute Gasteiger partial charge is 0.486 e. The molecular weight excluding hydrogens is 468 g/mol. The molecule has 0 radical (unpaired) electrons. The fourth-order valence-corrected chi connectivity index (χ4v) is 5.10. The number of pyridine rings is 1. The summed E-state index contributed by atoms with van der Waals surface area (Å²) in [6, 6.07) is 13.8. The van der Waals surface area contributed by atoms with Crippen molar-refractivity contribution in [2.75, 3.05) is 24.7 Å². The number of hydrogen-bond acceptors (Lipinski definition) is 8. The number of carbonyl (C=O) groups is 3. The van der Waals surface area contributed by atoms with Crippen molar-refractivity contribution in [1.29, 1.82) is 0 Å². The highest BCUT2D eigenvalue weighted by Gasteiger charge is 2.37. The Morgan fingerprint density at radius 3 is 2.40 bits per heavy atom. The summed E-state index contributed by atoms with van der Waals surface area (Å²) in [5.74, 6) is -0.148. The zero-order valence-corrected chi connectivity index (χ0v) is 19.2. The first-order valence-electron chi connectivity index (χ1n) is 10.9. The molecule has 0 spiro atoms. The third-order valence-corrected chi connectivity index (χ3v) is 6.85. The second-order valence-corrected chi connectivity index (χ2v) is 9.05. The first kappa shape index (κ1) is 21.2. The van der Waals surface area contributed by atoms with Crippen molar-refractivity contribution in [2.24, 2.45) is 0 Å². The molecule has 9 nitrogen and oxygen atoms in total. The number of aromatic nitrogens is 2. The van der Waals surface area contributed by atoms with Crippen LogP contribution in [0.15, 0.2) is 60.9 Å². The van der Waals surface area contributed by atoms with E-state index >= 15 is 0 Å². The quantitative estimate of drug-likeness (QED) is 0.399. The molecule has 0 saturated carbocycles. The lowest BCUT2D eigenvalue weighted by Crippen LogP contribution is -2.42. The molecule has 174 valence electrons. The summed E-state index contributed by atoms with van der Waals surface area (Å²) in [4.78, 5) is 50.5. The predicted octanol–water partition coefficient (Wildman–Crippen LogP) is 3.29. The molecule has 0 aliphatic carbocycles. The van der Waals surface area contributed by atoms with Crippen LogP contribution >= 0.6 is 11.3 Å². The van der Waals surface area contributed by atoms with Crippen LogP contribution in [-0.2, 0) is 11.3 Å². The maximum Gasteiger partial charge on any atom is 0.262 e. The van der Waals surface area contributed by atoms with Gasteiger partial charge in [-0.2, -0.15) is 0 Å². The van der Waals surface area contributed by atoms with Crippen LogP contribution in [0.25, 0.3) is 10.2 Å². The van der Waals surface area contributed by atoms with E-state index in [1.807, 2.05) is 12.1 Å². The van der Waals surface area contributed by atoms with Gasteiger partial charge in [0.25, 0.3) is 11.8 Å². The molecule has 4 aromatic rings. The number of fused-ring (bicyclic) bond motifs is 3. The molecule has 0 bridgehead atoms. The van der Waals surface area contributed by atoms with Gasteiger partial charge in [0.15, 0.2) is 16.6 Å². The summed E-state index contributed by atoms with van der Waals surface area (Å²) < 4.78 is 12.2. The summed E-state index contributed by atoms with van der Waals surface area (Å²) in [6.45, 7) is 0.713. The number of anilines is 1. The van der Waals surface area contributed by atoms with Gasteiger partial charge in [-0.1, -0.05) is 29.5 Å². The Morgan fingerprint density at radius 2 is 1.71 bits per heavy atom. The highest BCUT2D eigenvalue weighted by Crippen LogP contribution is 2.39. The van der Waals surface area contributed by atoms with Gasteiger partial charge in [0.1, 0.15) is 19.8 Å². The molecule has 2 aromatic heterocycles. The Hall–Kier alpha value is -4.31. The number of nitrogens with zero attached hydrogens (tertiary/aromatic N) is 4. The molecule has 3 amide bonds. The van der Waals surface area contributed by atoms with Crippen LogP contribution in [0, 0.1) is 0 Å². The van der Waals surface area contributed by atoms with Crippen molar-refractivity contribution in [3.8, 4) is 11.5 Å². The van der Waals surface area contributed by atoms with Crippen molar-refractivity contribution < 1.29 is 23.9 Å². The fraction of sp³-hybridized carbons (Fsp3) is 0.160. The normalized spacial score (nSPS) is 14.3. The van der Waals surface area contributed by atoms with E-state index in [4.69, 9.17) is 9.47 Å². The van der Waals surface area contributed by atoms with Crippen LogP contribution in [0.1, 0.15) is 26.3 Å². The van der Waals surface area contributed by atoms with E-state index in [1.165, 1.54) is 16.2 Å². The standard InChI is InChI=1S/C25H18N4O5S/c30-22(14-29-23(31)16-5-1-2-6-17(16)24(29)32)28(13-15-4-3-7-26-12-15)25-27-18-10-19-20(11-21(18)35-25)34-9-8-33-19/h1-7,10-12H,8-9,13-14H2. The molecule has 2 aromatic carbocycles. The van der Waals surface area contributed by atoms with Gasteiger partial charge in [0.2, 0.25) is 5.91 Å². The van der Waals surface area contributed by atoms with E-state index in [0.717, 1.165) is 15.2 Å². The highest BCUT2D eigenvalue weighted by atomic mass is 32.1. The fourth-order valence-electron chi connectivity index (χ4n) is 4.11. The summed E-state index contributed by atoms with van der Waals surface area (Å²) in [5.41, 5.74) is 2.05. The topological polar surface area (TPSA) is 102 Å². The Balaban J connectivity index is 1.34. The van der Waals surface area contributed by atoms with Crippen LogP contribution in [0.2, 0.25) is 0 Å². The molecule has 10 heteroatoms. The van der Waals surface area contributed by atoms with Gasteiger partial charge in [-0.3, -0.25) is 29.2 Å². The Morgan fingerprint density at radius 1 is 1.00 bits per heavy atom. The third-order valence-electron chi connectivity index (χ3n) is 5.81. The summed E-state index contributed by atoms with van der Waals surface area (Å²) in [6.07, 6.45) is 3.31. The number of imide groups is 1. The second-order valence-electron chi connectivity index (χ2n) is 8.04. The smallest absolute Gasteiger partial charge is 0.262 e. The van der Waals surface area contributed by atoms with Crippen LogP contribution in [0.4, 0.5) is 5.13 Å². The summed E-state index contributed by atoms with van der Waals surface area (Å²) in [7, 11) is 0. The minimum absolute atomic E-state index is 0.183. The van der Waals surface area contributed by atoms with E-state index in [0.29, 0.717) is 46.5 Å². The highest BCUT2D eigenvalue weighted by molar-refractivity contribution is 7.22. The lowest BCUT2D eigenvalue weighted by Gasteiger charge is -2.22. The van der Waals surface area contributed by atoms with Gasteiger partial charge < -0.3 is 9.47 Å². The monoisotopic (exact) mass is 486 g/mol. The van der Waals surface area contributed by atoms with Gasteiger partial charge >= 0.3 is 0 Å². The number of amides is 3. The Kier molecular flexibility index (Phi) is 5.14. The second kappa shape index (κ2) is 8.48. The number of benzene rings is 2. The lowest BCUT2D eigenvalue weighted by molar-refractivity contribution is -0.119. The van der Waals surface area contributed by atoms with Crippen molar-refractivity contribution in [3.63, 3.8) is 0 Å². The van der Waals surface area contributed by atoms with Crippen molar-refractivity contribution in [3.05, 3.63) is 77.6 Å². The van der Waals surface area contributed by atoms with Crippen LogP contribution in [0.5, 0.6) is 11.5 Å². The van der Waals surface area contributed by atoms with Crippen LogP contribution in [0.3, 0.4) is 0 Å². The SMILES string of the molecule is O=C1c2ccccc2C(=O)N1CC(=O)N(Cc1cccnc1)c1nc2cc3c(cc2s1)OCCO3. The van der Waals surface area contributed by atoms with Gasteiger partial charge in [-0.05, 0) is 23.8 Å². The molecule has 0 unspecified atom stereocenters. The minimum atomic E-state index is -0.480. The maximum atomic E-state index is 13.6. The van der Waals surface area contributed by atoms with E-state index < -0.39 is 24.3 Å². The van der Waals surface area contributed by atoms with Gasteiger partial charge in [-0.25, -0.2) is 4.98 Å². The lowest BCUT2D eigenvalue weighted by atomic mass is 10.1. The molecule has 4 heterocycles. The number of rotatable bonds is 5. The molecule has 2 aliphatic rings. The third kappa shape index (κ3) is 3.77. The molecule has 0 atom stereocenters. The van der Waals surface area contributed by atoms with Crippen LogP contribution < -0.4 is 14.4 Å². The van der Waals surface area contributed by atoms with E-state index in [1.54, 1.807) is 48.8 Å². The molecule has 35 heavy (non-hydrogen) atoms. The molecule has 0 saturated heterocycles. The van der Waals surface area contributed by atoms with Crippen molar-refractivity contribution in [2.45, 2.75) is 6.54 Å². The number of carbonyl (C=O) groups excluding carboxylic acids is 3. The van der Waals surface area contributed by atoms with E-state index in [-0.39, 0.29) is 6.54 Å². The van der Waals surface area contributed by atoms with Crippen LogP contribution in [-0.4, -0.2) is 52.3 Å². The Bertz CT molecular complexity index is 1410. The van der Waals surface area contributed by atoms with Gasteiger partial charge in [0.05, 0.1) is 27.9 Å². The van der Waals surface area contributed by atoms with Gasteiger partial charge in [-0.15, -0.1) is 0 Å². The zero-order chi connectivity index (χ0) is 23.9. The summed E-state index contributed by atoms with van der Waals surface area (Å²) in [5, 5.41) is 0.438. The first-order valence-corrected chi connectivity index (χ1v) is 11.7. The molecule has 0 N–H and O–H groups in total. The molecule has 6 rings (SSSR count). The predicted molar refractivity (Wildman–Crippen MR) is 128 cm³/mol. The Labute approximate surface area is 203 Å². The molecule has 0 fully saturated rings. The maximum absolute atomic E-state index is 13.6. The van der Waals surface area contributed by atoms with Gasteiger partial charge in [0, 0.05) is 24.5 Å². The zero-order valence-electron chi connectivity index (χ0n) is 18.3. The minimum Gasteiger partial charge on any atom is -0.486 e. The molecule has 2 aliphatic heterocycles. The van der Waals surface area contributed by atoms with E-state index in [9.17, 15) is 14.4 Å². The summed E-state index contributed by atoms with van der Waals surface area (Å²) >= 11 is 1.32. The number of hydrogen-bond donors (Lipinski definition) is 0. The van der Waals surface area contributed by atoms with Crippen molar-refractivity contribution >= 4 is 44.4 Å². The average molecular weight is 487 g/mol. The molecular formula is C25H18N4O5S. The van der Waals surface area contributed by atoms with Crippen molar-refractivity contribution in [1.82, 2.24) is 14.9 Å². The number of thiazole rings is 1. The average Bonchev–Trinajstić information content (AvgIpc) is 3.40. The first-order chi connectivity index (χ1) is 17.1. The number of ether oxygens (including phenoxy) is 2.